The number of aromatic nitrogens is 4. The first kappa shape index (κ1) is 22.8. The number of hydrogen-bond acceptors (Lipinski definition) is 8. The van der Waals surface area contributed by atoms with Gasteiger partial charge >= 0.3 is 0 Å². The molecular formula is C23H24N6O2S2. The van der Waals surface area contributed by atoms with Crippen LogP contribution in [0.5, 0.6) is 5.75 Å². The fraction of sp³-hybridized carbons (Fsp3) is 0.217. The van der Waals surface area contributed by atoms with Crippen LogP contribution in [0, 0.1) is 20.8 Å². The van der Waals surface area contributed by atoms with Crippen molar-refractivity contribution in [1.29, 1.82) is 0 Å². The third kappa shape index (κ3) is 5.91. The summed E-state index contributed by atoms with van der Waals surface area (Å²) in [7, 11) is 0. The molecule has 0 aliphatic carbocycles. The zero-order valence-electron chi connectivity index (χ0n) is 18.5. The number of benzene rings is 2. The van der Waals surface area contributed by atoms with Gasteiger partial charge in [0.25, 0.3) is 0 Å². The Morgan fingerprint density at radius 3 is 2.67 bits per heavy atom. The van der Waals surface area contributed by atoms with E-state index < -0.39 is 0 Å². The molecule has 2 heterocycles. The molecule has 0 aliphatic heterocycles. The number of thiazole rings is 1. The molecule has 4 rings (SSSR count). The van der Waals surface area contributed by atoms with E-state index in [4.69, 9.17) is 10.6 Å². The summed E-state index contributed by atoms with van der Waals surface area (Å²) in [5.74, 6) is 7.31. The lowest BCUT2D eigenvalue weighted by Gasteiger charge is -2.08. The highest BCUT2D eigenvalue weighted by molar-refractivity contribution is 7.99. The average molecular weight is 481 g/mol. The van der Waals surface area contributed by atoms with Gasteiger partial charge in [0.05, 0.1) is 16.5 Å². The summed E-state index contributed by atoms with van der Waals surface area (Å²) in [5.41, 5.74) is 4.80. The van der Waals surface area contributed by atoms with Gasteiger partial charge in [0.1, 0.15) is 12.4 Å². The topological polar surface area (TPSA) is 108 Å². The number of nitrogens with two attached hydrogens (primary N) is 1. The molecule has 0 radical (unpaired) electrons. The fourth-order valence-electron chi connectivity index (χ4n) is 3.25. The fourth-order valence-corrected chi connectivity index (χ4v) is 4.55. The Bertz CT molecular complexity index is 1260. The maximum absolute atomic E-state index is 12.5. The van der Waals surface area contributed by atoms with Gasteiger partial charge < -0.3 is 15.9 Å². The van der Waals surface area contributed by atoms with Crippen molar-refractivity contribution in [2.75, 3.05) is 16.9 Å². The highest BCUT2D eigenvalue weighted by Crippen LogP contribution is 2.24. The minimum atomic E-state index is -0.164. The van der Waals surface area contributed by atoms with Crippen LogP contribution < -0.4 is 15.9 Å². The molecule has 0 atom stereocenters. The van der Waals surface area contributed by atoms with E-state index in [0.717, 1.165) is 33.1 Å². The number of ether oxygens (including phenoxy) is 1. The zero-order valence-corrected chi connectivity index (χ0v) is 20.2. The molecule has 0 saturated heterocycles. The Kier molecular flexibility index (Phi) is 6.95. The number of thioether (sulfide) groups is 1. The van der Waals surface area contributed by atoms with Crippen LogP contribution in [0.15, 0.2) is 53.0 Å². The molecule has 0 fully saturated rings. The normalized spacial score (nSPS) is 10.9. The number of amides is 1. The Morgan fingerprint density at radius 1 is 1.15 bits per heavy atom. The third-order valence-electron chi connectivity index (χ3n) is 4.69. The molecule has 0 unspecified atom stereocenters. The Morgan fingerprint density at radius 2 is 1.94 bits per heavy atom. The van der Waals surface area contributed by atoms with E-state index in [1.165, 1.54) is 16.4 Å². The van der Waals surface area contributed by atoms with Gasteiger partial charge in [0.2, 0.25) is 11.1 Å². The van der Waals surface area contributed by atoms with E-state index >= 15 is 0 Å². The van der Waals surface area contributed by atoms with Crippen LogP contribution in [0.25, 0.3) is 11.3 Å². The molecule has 0 aliphatic rings. The second-order valence-electron chi connectivity index (χ2n) is 7.55. The van der Waals surface area contributed by atoms with Crippen LogP contribution in [0.2, 0.25) is 0 Å². The monoisotopic (exact) mass is 480 g/mol. The number of carbonyl (C=O) groups is 1. The predicted molar refractivity (Wildman–Crippen MR) is 132 cm³/mol. The van der Waals surface area contributed by atoms with Crippen molar-refractivity contribution < 1.29 is 9.53 Å². The van der Waals surface area contributed by atoms with Gasteiger partial charge in [-0.15, -0.1) is 21.5 Å². The molecule has 10 heteroatoms. The summed E-state index contributed by atoms with van der Waals surface area (Å²) in [4.78, 5) is 17.0. The molecule has 8 nitrogen and oxygen atoms in total. The van der Waals surface area contributed by atoms with Crippen LogP contribution >= 0.6 is 23.1 Å². The predicted octanol–water partition coefficient (Wildman–Crippen LogP) is 4.35. The summed E-state index contributed by atoms with van der Waals surface area (Å²) in [6.45, 7) is 6.18. The molecule has 4 aromatic rings. The number of anilines is 1. The molecular weight excluding hydrogens is 456 g/mol. The van der Waals surface area contributed by atoms with Crippen molar-refractivity contribution in [2.24, 2.45) is 0 Å². The first-order chi connectivity index (χ1) is 15.9. The van der Waals surface area contributed by atoms with Gasteiger partial charge in [-0.25, -0.2) is 9.66 Å². The molecule has 2 aromatic heterocycles. The van der Waals surface area contributed by atoms with Crippen molar-refractivity contribution in [3.63, 3.8) is 0 Å². The van der Waals surface area contributed by atoms with Gasteiger partial charge in [-0.05, 0) is 56.2 Å². The van der Waals surface area contributed by atoms with Gasteiger partial charge in [0.15, 0.2) is 5.82 Å². The molecule has 0 spiro atoms. The molecule has 1 amide bonds. The van der Waals surface area contributed by atoms with E-state index in [0.29, 0.717) is 16.7 Å². The smallest absolute Gasteiger partial charge is 0.234 e. The standard InChI is InChI=1S/C23H24N6O2S2/c1-14-7-15(2)9-19(8-14)31-11-21-27-28-23(29(21)24)33-13-22(30)26-18-6-4-5-17(10-18)20-12-32-16(3)25-20/h4-10,12H,11,13,24H2,1-3H3,(H,26,30). The maximum Gasteiger partial charge on any atom is 0.234 e. The number of nitrogens with zero attached hydrogens (tertiary/aromatic N) is 4. The van der Waals surface area contributed by atoms with Crippen molar-refractivity contribution >= 4 is 34.7 Å². The molecule has 0 bridgehead atoms. The summed E-state index contributed by atoms with van der Waals surface area (Å²) >= 11 is 2.81. The summed E-state index contributed by atoms with van der Waals surface area (Å²) in [6, 6.07) is 13.6. The van der Waals surface area contributed by atoms with Crippen LogP contribution in [-0.2, 0) is 11.4 Å². The van der Waals surface area contributed by atoms with Gasteiger partial charge in [0, 0.05) is 16.6 Å². The molecule has 170 valence electrons. The number of rotatable bonds is 8. The quantitative estimate of drug-likeness (QED) is 0.285. The summed E-state index contributed by atoms with van der Waals surface area (Å²) in [5, 5.41) is 14.5. The van der Waals surface area contributed by atoms with E-state index in [1.807, 2.05) is 62.5 Å². The Balaban J connectivity index is 1.32. The first-order valence-electron chi connectivity index (χ1n) is 10.2. The van der Waals surface area contributed by atoms with Crippen LogP contribution in [0.1, 0.15) is 22.0 Å². The number of nitrogen functional groups attached to an aromatic ring is 1. The van der Waals surface area contributed by atoms with E-state index in [1.54, 1.807) is 11.3 Å². The molecule has 2 aromatic carbocycles. The van der Waals surface area contributed by atoms with Gasteiger partial charge in [-0.1, -0.05) is 30.0 Å². The molecule has 0 saturated carbocycles. The maximum atomic E-state index is 12.5. The molecule has 3 N–H and O–H groups in total. The zero-order chi connectivity index (χ0) is 23.4. The summed E-state index contributed by atoms with van der Waals surface area (Å²) in [6.07, 6.45) is 0. The summed E-state index contributed by atoms with van der Waals surface area (Å²) < 4.78 is 7.16. The van der Waals surface area contributed by atoms with E-state index in [-0.39, 0.29) is 18.3 Å². The lowest BCUT2D eigenvalue weighted by molar-refractivity contribution is -0.113. The van der Waals surface area contributed by atoms with Crippen LogP contribution in [0.3, 0.4) is 0 Å². The first-order valence-corrected chi connectivity index (χ1v) is 12.1. The number of carbonyl (C=O) groups excluding carboxylic acids is 1. The lowest BCUT2D eigenvalue weighted by atomic mass is 10.1. The third-order valence-corrected chi connectivity index (χ3v) is 6.41. The van der Waals surface area contributed by atoms with Crippen molar-refractivity contribution in [2.45, 2.75) is 32.5 Å². The largest absolute Gasteiger partial charge is 0.486 e. The second-order valence-corrected chi connectivity index (χ2v) is 9.56. The second kappa shape index (κ2) is 10.1. The van der Waals surface area contributed by atoms with Gasteiger partial charge in [-0.3, -0.25) is 4.79 Å². The van der Waals surface area contributed by atoms with Crippen LogP contribution in [-0.4, -0.2) is 31.5 Å². The average Bonchev–Trinajstić information content (AvgIpc) is 3.36. The van der Waals surface area contributed by atoms with Gasteiger partial charge in [-0.2, -0.15) is 0 Å². The highest BCUT2D eigenvalue weighted by Gasteiger charge is 2.14. The SMILES string of the molecule is Cc1cc(C)cc(OCc2nnc(SCC(=O)Nc3cccc(-c4csc(C)n4)c3)n2N)c1. The number of aryl methyl sites for hydroxylation is 3. The lowest BCUT2D eigenvalue weighted by Crippen LogP contribution is -2.18. The molecule has 33 heavy (non-hydrogen) atoms. The van der Waals surface area contributed by atoms with Crippen molar-refractivity contribution in [3.8, 4) is 17.0 Å². The van der Waals surface area contributed by atoms with Crippen molar-refractivity contribution in [1.82, 2.24) is 19.9 Å². The number of hydrogen-bond donors (Lipinski definition) is 2. The van der Waals surface area contributed by atoms with Crippen LogP contribution in [0.4, 0.5) is 5.69 Å². The minimum absolute atomic E-state index is 0.146. The minimum Gasteiger partial charge on any atom is -0.486 e. The Hall–Kier alpha value is -3.37. The number of nitrogens with one attached hydrogen (secondary N) is 1. The highest BCUT2D eigenvalue weighted by atomic mass is 32.2. The van der Waals surface area contributed by atoms with E-state index in [2.05, 4.69) is 26.6 Å². The van der Waals surface area contributed by atoms with Crippen molar-refractivity contribution in [3.05, 3.63) is 69.8 Å². The Labute approximate surface area is 200 Å². The van der Waals surface area contributed by atoms with E-state index in [9.17, 15) is 4.79 Å².